The molecule has 2 aliphatic rings. The Morgan fingerprint density at radius 2 is 1.83 bits per heavy atom. The van der Waals surface area contributed by atoms with Crippen LogP contribution in [0.15, 0.2) is 69.6 Å². The lowest BCUT2D eigenvalue weighted by molar-refractivity contribution is -0.140. The Hall–Kier alpha value is -3.53. The summed E-state index contributed by atoms with van der Waals surface area (Å²) >= 11 is 7.68. The second kappa shape index (κ2) is 9.50. The Bertz CT molecular complexity index is 1620. The van der Waals surface area contributed by atoms with Gasteiger partial charge in [0.05, 0.1) is 29.1 Å². The second-order valence-electron chi connectivity index (χ2n) is 8.31. The monoisotopic (exact) mass is 523 g/mol. The number of thiazole rings is 1. The fourth-order valence-corrected chi connectivity index (χ4v) is 5.88. The maximum atomic E-state index is 14.0. The molecule has 0 bridgehead atoms. The van der Waals surface area contributed by atoms with Crippen molar-refractivity contribution in [2.75, 3.05) is 32.3 Å². The van der Waals surface area contributed by atoms with E-state index in [-0.39, 0.29) is 29.2 Å². The molecule has 3 aromatic rings. The summed E-state index contributed by atoms with van der Waals surface area (Å²) in [6.07, 6.45) is 0. The number of esters is 1. The van der Waals surface area contributed by atoms with Gasteiger partial charge in [-0.1, -0.05) is 59.3 Å². The quantitative estimate of drug-likeness (QED) is 0.378. The summed E-state index contributed by atoms with van der Waals surface area (Å²) in [5.74, 6) is -0.885. The molecule has 1 atom stereocenters. The Morgan fingerprint density at radius 3 is 2.58 bits per heavy atom. The highest BCUT2D eigenvalue weighted by molar-refractivity contribution is 7.07. The molecule has 0 radical (unpaired) electrons. The van der Waals surface area contributed by atoms with Crippen LogP contribution in [0.1, 0.15) is 24.1 Å². The van der Waals surface area contributed by atoms with Crippen molar-refractivity contribution in [2.45, 2.75) is 13.0 Å². The van der Waals surface area contributed by atoms with Gasteiger partial charge in [0.1, 0.15) is 17.2 Å². The van der Waals surface area contributed by atoms with E-state index in [4.69, 9.17) is 21.1 Å². The molecule has 36 heavy (non-hydrogen) atoms. The second-order valence-corrected chi connectivity index (χ2v) is 9.69. The van der Waals surface area contributed by atoms with Crippen molar-refractivity contribution in [3.8, 4) is 0 Å². The van der Waals surface area contributed by atoms with Crippen LogP contribution in [0.5, 0.6) is 0 Å². The minimum absolute atomic E-state index is 0.0492. The molecule has 1 amide bonds. The van der Waals surface area contributed by atoms with E-state index in [2.05, 4.69) is 4.99 Å². The average molecular weight is 524 g/mol. The van der Waals surface area contributed by atoms with E-state index in [1.165, 1.54) is 16.6 Å². The molecule has 0 unspecified atom stereocenters. The largest absolute Gasteiger partial charge is 0.460 e. The van der Waals surface area contributed by atoms with Crippen LogP contribution in [-0.2, 0) is 19.1 Å². The van der Waals surface area contributed by atoms with Crippen molar-refractivity contribution in [2.24, 2.45) is 4.99 Å². The summed E-state index contributed by atoms with van der Waals surface area (Å²) in [5.41, 5.74) is 2.48. The molecule has 0 saturated heterocycles. The first kappa shape index (κ1) is 24.2. The van der Waals surface area contributed by atoms with Crippen LogP contribution < -0.4 is 19.8 Å². The van der Waals surface area contributed by atoms with Gasteiger partial charge < -0.3 is 14.4 Å². The van der Waals surface area contributed by atoms with Crippen LogP contribution in [0, 0.1) is 0 Å². The summed E-state index contributed by atoms with van der Waals surface area (Å²) in [7, 11) is 3.19. The van der Waals surface area contributed by atoms with Crippen LogP contribution in [-0.4, -0.2) is 43.8 Å². The lowest BCUT2D eigenvalue weighted by atomic mass is 9.96. The van der Waals surface area contributed by atoms with E-state index in [9.17, 15) is 14.4 Å². The standard InChI is InChI=1S/C26H22ClN3O5S/c1-14-19(25(33)35-13-12-34-3)21(15-8-4-6-10-17(15)27)30-24(32)22(36-26(30)28-14)20-16-9-5-7-11-18(16)29(2)23(20)31/h4-11,21H,12-13H2,1-3H3/b22-20-/t21-/m0/s1. The number of aromatic nitrogens is 1. The number of benzene rings is 2. The van der Waals surface area contributed by atoms with Gasteiger partial charge in [-0.3, -0.25) is 14.2 Å². The van der Waals surface area contributed by atoms with Gasteiger partial charge in [0, 0.05) is 24.7 Å². The lowest BCUT2D eigenvalue weighted by Crippen LogP contribution is -2.41. The Labute approximate surface area is 215 Å². The summed E-state index contributed by atoms with van der Waals surface area (Å²) in [6, 6.07) is 13.5. The Morgan fingerprint density at radius 1 is 1.11 bits per heavy atom. The minimum atomic E-state index is -0.871. The first-order valence-corrected chi connectivity index (χ1v) is 12.4. The van der Waals surface area contributed by atoms with Crippen LogP contribution in [0.25, 0.3) is 5.57 Å². The van der Waals surface area contributed by atoms with Gasteiger partial charge in [-0.15, -0.1) is 0 Å². The fourth-order valence-electron chi connectivity index (χ4n) is 4.51. The molecule has 3 heterocycles. The molecule has 2 aliphatic heterocycles. The van der Waals surface area contributed by atoms with Crippen LogP contribution in [0.2, 0.25) is 5.02 Å². The maximum absolute atomic E-state index is 14.0. The predicted octanol–water partition coefficient (Wildman–Crippen LogP) is 2.42. The van der Waals surface area contributed by atoms with E-state index in [0.29, 0.717) is 32.2 Å². The van der Waals surface area contributed by atoms with Gasteiger partial charge in [-0.25, -0.2) is 9.79 Å². The first-order valence-electron chi connectivity index (χ1n) is 11.2. The molecule has 0 saturated carbocycles. The normalized spacial score (nSPS) is 18.2. The number of rotatable bonds is 5. The number of ether oxygens (including phenoxy) is 2. The van der Waals surface area contributed by atoms with Crippen molar-refractivity contribution in [3.63, 3.8) is 0 Å². The predicted molar refractivity (Wildman–Crippen MR) is 137 cm³/mol. The number of carbonyl (C=O) groups is 2. The van der Waals surface area contributed by atoms with Gasteiger partial charge in [-0.05, 0) is 24.6 Å². The highest BCUT2D eigenvalue weighted by Crippen LogP contribution is 2.36. The molecule has 0 N–H and O–H groups in total. The average Bonchev–Trinajstić information content (AvgIpc) is 3.31. The molecule has 8 nitrogen and oxygen atoms in total. The number of halogens is 1. The van der Waals surface area contributed by atoms with Crippen molar-refractivity contribution in [3.05, 3.63) is 95.6 Å². The third kappa shape index (κ3) is 3.80. The van der Waals surface area contributed by atoms with Gasteiger partial charge >= 0.3 is 5.97 Å². The van der Waals surface area contributed by atoms with Crippen molar-refractivity contribution >= 4 is 46.1 Å². The number of allylic oxidation sites excluding steroid dienone is 1. The highest BCUT2D eigenvalue weighted by Gasteiger charge is 2.37. The number of carbonyl (C=O) groups excluding carboxylic acids is 2. The van der Waals surface area contributed by atoms with E-state index < -0.39 is 17.6 Å². The summed E-state index contributed by atoms with van der Waals surface area (Å²) in [4.78, 5) is 46.9. The number of hydrogen-bond donors (Lipinski definition) is 0. The molecule has 10 heteroatoms. The Balaban J connectivity index is 1.78. The Kier molecular flexibility index (Phi) is 6.38. The van der Waals surface area contributed by atoms with Crippen molar-refractivity contribution in [1.29, 1.82) is 0 Å². The number of likely N-dealkylation sites (N-methyl/N-ethyl adjacent to an activating group) is 1. The number of hydrogen-bond acceptors (Lipinski definition) is 7. The number of anilines is 1. The third-order valence-corrected chi connectivity index (χ3v) is 7.62. The topological polar surface area (TPSA) is 90.2 Å². The first-order chi connectivity index (χ1) is 17.3. The van der Waals surface area contributed by atoms with E-state index in [1.807, 2.05) is 24.3 Å². The lowest BCUT2D eigenvalue weighted by Gasteiger charge is -2.25. The van der Waals surface area contributed by atoms with Crippen molar-refractivity contribution < 1.29 is 19.1 Å². The third-order valence-electron chi connectivity index (χ3n) is 6.22. The molecule has 0 spiro atoms. The molecule has 0 aliphatic carbocycles. The smallest absolute Gasteiger partial charge is 0.338 e. The van der Waals surface area contributed by atoms with Crippen molar-refractivity contribution in [1.82, 2.24) is 4.57 Å². The number of fused-ring (bicyclic) bond motifs is 2. The number of methoxy groups -OCH3 is 1. The molecular weight excluding hydrogens is 502 g/mol. The maximum Gasteiger partial charge on any atom is 0.338 e. The number of amides is 1. The van der Waals surface area contributed by atoms with Crippen LogP contribution in [0.4, 0.5) is 5.69 Å². The molecule has 2 aromatic carbocycles. The zero-order valence-electron chi connectivity index (χ0n) is 19.8. The molecule has 5 rings (SSSR count). The molecule has 184 valence electrons. The zero-order valence-corrected chi connectivity index (χ0v) is 21.4. The summed E-state index contributed by atoms with van der Waals surface area (Å²) in [5, 5.41) is 0.389. The number of para-hydroxylation sites is 1. The fraction of sp³-hybridized carbons (Fsp3) is 0.231. The zero-order chi connectivity index (χ0) is 25.6. The van der Waals surface area contributed by atoms with Gasteiger partial charge in [0.15, 0.2) is 4.80 Å². The van der Waals surface area contributed by atoms with Crippen LogP contribution >= 0.6 is 22.9 Å². The van der Waals surface area contributed by atoms with E-state index in [1.54, 1.807) is 38.2 Å². The summed E-state index contributed by atoms with van der Waals surface area (Å²) in [6.45, 7) is 1.97. The van der Waals surface area contributed by atoms with Crippen LogP contribution in [0.3, 0.4) is 0 Å². The molecule has 1 aromatic heterocycles. The molecule has 0 fully saturated rings. The van der Waals surface area contributed by atoms with Gasteiger partial charge in [-0.2, -0.15) is 0 Å². The van der Waals surface area contributed by atoms with Gasteiger partial charge in [0.25, 0.3) is 11.5 Å². The SMILES string of the molecule is COCCOC(=O)C1=C(C)N=c2s/c(=C3\C(=O)N(C)c4ccccc43)c(=O)n2[C@H]1c1ccccc1Cl. The van der Waals surface area contributed by atoms with E-state index in [0.717, 1.165) is 17.0 Å². The minimum Gasteiger partial charge on any atom is -0.460 e. The summed E-state index contributed by atoms with van der Waals surface area (Å²) < 4.78 is 12.1. The number of nitrogens with zero attached hydrogens (tertiary/aromatic N) is 3. The highest BCUT2D eigenvalue weighted by atomic mass is 35.5. The van der Waals surface area contributed by atoms with E-state index >= 15 is 0 Å². The van der Waals surface area contributed by atoms with Gasteiger partial charge in [0.2, 0.25) is 0 Å². The molecular formula is C26H22ClN3O5S.